The van der Waals surface area contributed by atoms with Crippen LogP contribution in [0.4, 0.5) is 0 Å². The van der Waals surface area contributed by atoms with E-state index in [2.05, 4.69) is 32.9 Å². The second-order valence-electron chi connectivity index (χ2n) is 2.76. The number of unbranched alkanes of at least 4 members (excludes halogenated alkanes) is 1. The van der Waals surface area contributed by atoms with Crippen LogP contribution >= 0.6 is 0 Å². The highest BCUT2D eigenvalue weighted by Crippen LogP contribution is 1.92. The zero-order valence-corrected chi connectivity index (χ0v) is 9.23. The van der Waals surface area contributed by atoms with Gasteiger partial charge in [0.25, 0.3) is 6.47 Å². The fraction of sp³-hybridized carbons (Fsp3) is 0.417. The Morgan fingerprint density at radius 3 is 1.64 bits per heavy atom. The van der Waals surface area contributed by atoms with E-state index in [4.69, 9.17) is 9.90 Å². The maximum Gasteiger partial charge on any atom is 0.290 e. The van der Waals surface area contributed by atoms with E-state index in [-0.39, 0.29) is 6.47 Å². The van der Waals surface area contributed by atoms with Crippen molar-refractivity contribution in [2.45, 2.75) is 33.6 Å². The van der Waals surface area contributed by atoms with Gasteiger partial charge in [0.15, 0.2) is 0 Å². The zero-order chi connectivity index (χ0) is 11.2. The standard InChI is InChI=1S/C7H8.C4H10.CH2O2/c1-7-5-3-2-4-6-7;1-3-4-2;2-1-3/h2-6H,1H3;3-4H2,1-2H3;1H,(H,2,3). The van der Waals surface area contributed by atoms with E-state index in [0.717, 1.165) is 0 Å². The highest BCUT2D eigenvalue weighted by Gasteiger charge is 1.72. The van der Waals surface area contributed by atoms with E-state index >= 15 is 0 Å². The third-order valence-corrected chi connectivity index (χ3v) is 1.44. The Morgan fingerprint density at radius 2 is 1.50 bits per heavy atom. The molecular formula is C12H20O2. The number of hydrogen-bond donors (Lipinski definition) is 1. The number of aryl methyl sites for hydroxylation is 1. The topological polar surface area (TPSA) is 37.3 Å². The van der Waals surface area contributed by atoms with Gasteiger partial charge in [-0.1, -0.05) is 62.6 Å². The quantitative estimate of drug-likeness (QED) is 0.698. The summed E-state index contributed by atoms with van der Waals surface area (Å²) >= 11 is 0. The number of hydrogen-bond acceptors (Lipinski definition) is 1. The van der Waals surface area contributed by atoms with Crippen molar-refractivity contribution in [1.82, 2.24) is 0 Å². The van der Waals surface area contributed by atoms with Gasteiger partial charge in [-0.3, -0.25) is 4.79 Å². The molecule has 1 N–H and O–H groups in total. The highest BCUT2D eigenvalue weighted by atomic mass is 16.3. The lowest BCUT2D eigenvalue weighted by Crippen LogP contribution is -1.62. The third-order valence-electron chi connectivity index (χ3n) is 1.44. The normalized spacial score (nSPS) is 7.36. The van der Waals surface area contributed by atoms with Crippen molar-refractivity contribution >= 4 is 6.47 Å². The van der Waals surface area contributed by atoms with Gasteiger partial charge >= 0.3 is 0 Å². The van der Waals surface area contributed by atoms with Crippen LogP contribution in [-0.2, 0) is 4.79 Å². The molecule has 0 fully saturated rings. The average Bonchev–Trinajstić information content (AvgIpc) is 2.21. The van der Waals surface area contributed by atoms with Crippen molar-refractivity contribution < 1.29 is 9.90 Å². The predicted octanol–water partition coefficient (Wildman–Crippen LogP) is 3.50. The van der Waals surface area contributed by atoms with Crippen molar-refractivity contribution in [2.24, 2.45) is 0 Å². The molecule has 0 aliphatic carbocycles. The molecule has 2 heteroatoms. The van der Waals surface area contributed by atoms with Crippen LogP contribution < -0.4 is 0 Å². The third kappa shape index (κ3) is 17.0. The maximum absolute atomic E-state index is 8.36. The first-order valence-corrected chi connectivity index (χ1v) is 4.82. The van der Waals surface area contributed by atoms with E-state index in [9.17, 15) is 0 Å². The van der Waals surface area contributed by atoms with Gasteiger partial charge in [0.1, 0.15) is 0 Å². The van der Waals surface area contributed by atoms with Crippen molar-refractivity contribution in [3.63, 3.8) is 0 Å². The molecular weight excluding hydrogens is 176 g/mol. The summed E-state index contributed by atoms with van der Waals surface area (Å²) in [7, 11) is 0. The fourth-order valence-corrected chi connectivity index (χ4v) is 0.534. The molecule has 0 atom stereocenters. The van der Waals surface area contributed by atoms with Crippen LogP contribution in [0, 0.1) is 6.92 Å². The molecule has 0 bridgehead atoms. The Balaban J connectivity index is 0. The van der Waals surface area contributed by atoms with Gasteiger partial charge in [0.2, 0.25) is 0 Å². The summed E-state index contributed by atoms with van der Waals surface area (Å²) in [5, 5.41) is 6.89. The second kappa shape index (κ2) is 14.2. The van der Waals surface area contributed by atoms with Gasteiger partial charge in [-0.05, 0) is 6.92 Å². The molecule has 1 aromatic carbocycles. The average molecular weight is 196 g/mol. The van der Waals surface area contributed by atoms with Crippen LogP contribution in [0.5, 0.6) is 0 Å². The Kier molecular flexibility index (Phi) is 15.4. The van der Waals surface area contributed by atoms with Crippen LogP contribution in [0.25, 0.3) is 0 Å². The van der Waals surface area contributed by atoms with E-state index < -0.39 is 0 Å². The number of carbonyl (C=O) groups is 1. The highest BCUT2D eigenvalue weighted by molar-refractivity contribution is 5.32. The second-order valence-corrected chi connectivity index (χ2v) is 2.76. The lowest BCUT2D eigenvalue weighted by molar-refractivity contribution is -0.122. The molecule has 0 saturated carbocycles. The molecule has 0 heterocycles. The monoisotopic (exact) mass is 196 g/mol. The van der Waals surface area contributed by atoms with Crippen LogP contribution in [0.1, 0.15) is 32.3 Å². The lowest BCUT2D eigenvalue weighted by atomic mass is 10.2. The number of benzene rings is 1. The first-order valence-electron chi connectivity index (χ1n) is 4.82. The lowest BCUT2D eigenvalue weighted by Gasteiger charge is -1.82. The Hall–Kier alpha value is -1.31. The first-order chi connectivity index (χ1) is 6.72. The Morgan fingerprint density at radius 1 is 1.14 bits per heavy atom. The molecule has 0 aliphatic rings. The molecule has 0 aromatic heterocycles. The molecule has 1 aromatic rings. The van der Waals surface area contributed by atoms with Crippen LogP contribution in [-0.4, -0.2) is 11.6 Å². The molecule has 0 unspecified atom stereocenters. The molecule has 0 saturated heterocycles. The summed E-state index contributed by atoms with van der Waals surface area (Å²) in [6.07, 6.45) is 2.64. The van der Waals surface area contributed by atoms with Crippen molar-refractivity contribution in [2.75, 3.05) is 0 Å². The van der Waals surface area contributed by atoms with Gasteiger partial charge in [0, 0.05) is 0 Å². The van der Waals surface area contributed by atoms with Crippen molar-refractivity contribution in [3.8, 4) is 0 Å². The summed E-state index contributed by atoms with van der Waals surface area (Å²) in [6, 6.07) is 10.3. The number of carboxylic acid groups (broad SMARTS) is 1. The Labute approximate surface area is 86.6 Å². The van der Waals surface area contributed by atoms with Gasteiger partial charge in [-0.2, -0.15) is 0 Å². The minimum Gasteiger partial charge on any atom is -0.483 e. The molecule has 0 spiro atoms. The zero-order valence-electron chi connectivity index (χ0n) is 9.23. The minimum atomic E-state index is -0.250. The van der Waals surface area contributed by atoms with E-state index in [1.165, 1.54) is 18.4 Å². The van der Waals surface area contributed by atoms with E-state index in [0.29, 0.717) is 0 Å². The largest absolute Gasteiger partial charge is 0.483 e. The summed E-state index contributed by atoms with van der Waals surface area (Å²) in [6.45, 7) is 6.19. The maximum atomic E-state index is 8.36. The molecule has 80 valence electrons. The fourth-order valence-electron chi connectivity index (χ4n) is 0.534. The molecule has 14 heavy (non-hydrogen) atoms. The molecule has 0 radical (unpaired) electrons. The van der Waals surface area contributed by atoms with E-state index in [1.807, 2.05) is 18.2 Å². The summed E-state index contributed by atoms with van der Waals surface area (Å²) in [5.74, 6) is 0. The van der Waals surface area contributed by atoms with E-state index in [1.54, 1.807) is 0 Å². The summed E-state index contributed by atoms with van der Waals surface area (Å²) in [5.41, 5.74) is 1.32. The minimum absolute atomic E-state index is 0.250. The summed E-state index contributed by atoms with van der Waals surface area (Å²) in [4.78, 5) is 8.36. The Bertz CT molecular complexity index is 193. The van der Waals surface area contributed by atoms with Crippen LogP contribution in [0.3, 0.4) is 0 Å². The smallest absolute Gasteiger partial charge is 0.290 e. The molecule has 0 aliphatic heterocycles. The molecule has 2 nitrogen and oxygen atoms in total. The van der Waals surface area contributed by atoms with Gasteiger partial charge in [-0.15, -0.1) is 0 Å². The van der Waals surface area contributed by atoms with Crippen LogP contribution in [0.15, 0.2) is 30.3 Å². The SMILES string of the molecule is CCCC.Cc1ccccc1.O=CO. The molecule has 1 rings (SSSR count). The van der Waals surface area contributed by atoms with Gasteiger partial charge in [0.05, 0.1) is 0 Å². The summed E-state index contributed by atoms with van der Waals surface area (Å²) < 4.78 is 0. The van der Waals surface area contributed by atoms with Gasteiger partial charge < -0.3 is 5.11 Å². The number of rotatable bonds is 1. The molecule has 0 amide bonds. The van der Waals surface area contributed by atoms with Crippen molar-refractivity contribution in [1.29, 1.82) is 0 Å². The van der Waals surface area contributed by atoms with Crippen LogP contribution in [0.2, 0.25) is 0 Å². The van der Waals surface area contributed by atoms with Gasteiger partial charge in [-0.25, -0.2) is 0 Å². The predicted molar refractivity (Wildman–Crippen MR) is 60.5 cm³/mol. The van der Waals surface area contributed by atoms with Crippen molar-refractivity contribution in [3.05, 3.63) is 35.9 Å². The first kappa shape index (κ1) is 15.2.